The topological polar surface area (TPSA) is 112 Å². The average molecular weight is 565 g/mol. The average Bonchev–Trinajstić information content (AvgIpc) is 2.97. The molecule has 2 heterocycles. The standard InChI is InChI=1S/C29H28N2O6S2/c32-19-21-12-14-22(15-13-21)27-18-25(20-38-28-11-4-5-16-31(28)33)36-29(37-27)23-7-6-8-24(17-23)30-39(34,35)26-9-2-1-3-10-26/h1-17,25,27,29-30,32H,18-20H2. The van der Waals surface area contributed by atoms with Crippen LogP contribution < -0.4 is 9.45 Å². The molecule has 39 heavy (non-hydrogen) atoms. The van der Waals surface area contributed by atoms with E-state index in [4.69, 9.17) is 9.47 Å². The number of nitrogens with zero attached hydrogens (tertiary/aromatic N) is 1. The molecule has 10 heteroatoms. The lowest BCUT2D eigenvalue weighted by Crippen LogP contribution is -2.32. The first-order valence-electron chi connectivity index (χ1n) is 12.4. The molecule has 202 valence electrons. The van der Waals surface area contributed by atoms with Crippen LogP contribution in [0.2, 0.25) is 0 Å². The first-order chi connectivity index (χ1) is 18.9. The molecule has 1 aliphatic rings. The number of aliphatic hydroxyl groups excluding tert-OH is 1. The van der Waals surface area contributed by atoms with Crippen molar-refractivity contribution in [3.8, 4) is 0 Å². The van der Waals surface area contributed by atoms with Crippen molar-refractivity contribution in [2.24, 2.45) is 0 Å². The van der Waals surface area contributed by atoms with E-state index in [0.29, 0.717) is 28.5 Å². The third-order valence-electron chi connectivity index (χ3n) is 6.29. The lowest BCUT2D eigenvalue weighted by Gasteiger charge is -2.36. The highest BCUT2D eigenvalue weighted by molar-refractivity contribution is 7.99. The van der Waals surface area contributed by atoms with Crippen molar-refractivity contribution in [2.45, 2.75) is 41.4 Å². The number of thioether (sulfide) groups is 1. The van der Waals surface area contributed by atoms with Crippen molar-refractivity contribution >= 4 is 27.5 Å². The molecule has 0 spiro atoms. The SMILES string of the molecule is O=S(=O)(Nc1cccc(C2OC(CSc3cccc[n+]3[O-])CC(c3ccc(CO)cc3)O2)c1)c1ccccc1. The van der Waals surface area contributed by atoms with Crippen LogP contribution in [0.3, 0.4) is 0 Å². The molecule has 0 saturated carbocycles. The minimum Gasteiger partial charge on any atom is -0.618 e. The van der Waals surface area contributed by atoms with Gasteiger partial charge in [0.1, 0.15) is 0 Å². The first-order valence-corrected chi connectivity index (χ1v) is 14.9. The monoisotopic (exact) mass is 564 g/mol. The molecule has 3 unspecified atom stereocenters. The van der Waals surface area contributed by atoms with Gasteiger partial charge in [-0.2, -0.15) is 4.73 Å². The second-order valence-corrected chi connectivity index (χ2v) is 11.8. The fourth-order valence-electron chi connectivity index (χ4n) is 4.29. The Morgan fingerprint density at radius 1 is 0.923 bits per heavy atom. The van der Waals surface area contributed by atoms with Crippen LogP contribution in [-0.2, 0) is 26.1 Å². The fraction of sp³-hybridized carbons (Fsp3) is 0.207. The maximum absolute atomic E-state index is 12.9. The van der Waals surface area contributed by atoms with E-state index in [9.17, 15) is 18.7 Å². The minimum atomic E-state index is -3.76. The number of aliphatic hydroxyl groups is 1. The van der Waals surface area contributed by atoms with E-state index in [1.54, 1.807) is 48.5 Å². The van der Waals surface area contributed by atoms with Crippen LogP contribution in [0.5, 0.6) is 0 Å². The summed E-state index contributed by atoms with van der Waals surface area (Å²) >= 11 is 1.41. The van der Waals surface area contributed by atoms with E-state index in [2.05, 4.69) is 4.72 Å². The predicted molar refractivity (Wildman–Crippen MR) is 148 cm³/mol. The van der Waals surface area contributed by atoms with E-state index in [0.717, 1.165) is 15.9 Å². The number of anilines is 1. The summed E-state index contributed by atoms with van der Waals surface area (Å²) in [6.07, 6.45) is 0.712. The van der Waals surface area contributed by atoms with Gasteiger partial charge in [0, 0.05) is 35.6 Å². The number of benzene rings is 3. The van der Waals surface area contributed by atoms with Crippen molar-refractivity contribution in [3.05, 3.63) is 125 Å². The highest BCUT2D eigenvalue weighted by atomic mass is 32.2. The molecule has 0 radical (unpaired) electrons. The van der Waals surface area contributed by atoms with Gasteiger partial charge in [-0.3, -0.25) is 4.72 Å². The molecule has 2 N–H and O–H groups in total. The Morgan fingerprint density at radius 3 is 2.44 bits per heavy atom. The summed E-state index contributed by atoms with van der Waals surface area (Å²) in [6, 6.07) is 28.0. The van der Waals surface area contributed by atoms with Crippen LogP contribution in [0, 0.1) is 5.21 Å². The second-order valence-electron chi connectivity index (χ2n) is 9.07. The van der Waals surface area contributed by atoms with Crippen molar-refractivity contribution in [2.75, 3.05) is 10.5 Å². The van der Waals surface area contributed by atoms with Crippen molar-refractivity contribution in [1.82, 2.24) is 0 Å². The molecule has 3 atom stereocenters. The molecule has 1 fully saturated rings. The summed E-state index contributed by atoms with van der Waals surface area (Å²) in [7, 11) is -3.76. The van der Waals surface area contributed by atoms with Gasteiger partial charge in [0.05, 0.1) is 23.7 Å². The molecule has 0 aliphatic carbocycles. The highest BCUT2D eigenvalue weighted by Crippen LogP contribution is 2.39. The van der Waals surface area contributed by atoms with E-state index in [1.165, 1.54) is 30.1 Å². The summed E-state index contributed by atoms with van der Waals surface area (Å²) in [4.78, 5) is 0.167. The number of rotatable bonds is 9. The molecular formula is C29H28N2O6S2. The van der Waals surface area contributed by atoms with E-state index < -0.39 is 16.3 Å². The number of nitrogens with one attached hydrogen (secondary N) is 1. The molecule has 3 aromatic carbocycles. The van der Waals surface area contributed by atoms with Crippen LogP contribution in [0.25, 0.3) is 0 Å². The predicted octanol–water partition coefficient (Wildman–Crippen LogP) is 4.95. The normalized spacial score (nSPS) is 19.5. The maximum Gasteiger partial charge on any atom is 0.261 e. The zero-order chi connectivity index (χ0) is 27.2. The smallest absolute Gasteiger partial charge is 0.261 e. The number of hydrogen-bond acceptors (Lipinski definition) is 7. The number of hydrogen-bond donors (Lipinski definition) is 2. The Morgan fingerprint density at radius 2 is 1.69 bits per heavy atom. The summed E-state index contributed by atoms with van der Waals surface area (Å²) in [5.74, 6) is 0.525. The largest absolute Gasteiger partial charge is 0.618 e. The van der Waals surface area contributed by atoms with E-state index in [1.807, 2.05) is 36.4 Å². The Kier molecular flexibility index (Phi) is 8.49. The first kappa shape index (κ1) is 27.2. The Hall–Kier alpha value is -3.41. The van der Waals surface area contributed by atoms with Crippen molar-refractivity contribution in [3.63, 3.8) is 0 Å². The van der Waals surface area contributed by atoms with E-state index in [-0.39, 0.29) is 23.7 Å². The molecule has 0 amide bonds. The van der Waals surface area contributed by atoms with Gasteiger partial charge >= 0.3 is 0 Å². The lowest BCUT2D eigenvalue weighted by atomic mass is 10.0. The Balaban J connectivity index is 1.38. The van der Waals surface area contributed by atoms with Gasteiger partial charge in [-0.1, -0.05) is 66.4 Å². The molecule has 0 bridgehead atoms. The van der Waals surface area contributed by atoms with Gasteiger partial charge in [-0.15, -0.1) is 0 Å². The summed E-state index contributed by atoms with van der Waals surface area (Å²) in [6.45, 7) is -0.0469. The molecule has 1 aliphatic heterocycles. The summed E-state index contributed by atoms with van der Waals surface area (Å²) in [5.41, 5.74) is 2.79. The van der Waals surface area contributed by atoms with Crippen LogP contribution in [-0.4, -0.2) is 25.4 Å². The number of aromatic nitrogens is 1. The Labute approximate surface area is 231 Å². The quantitative estimate of drug-likeness (QED) is 0.168. The fourth-order valence-corrected chi connectivity index (χ4v) is 6.29. The zero-order valence-corrected chi connectivity index (χ0v) is 22.6. The van der Waals surface area contributed by atoms with Crippen LogP contribution >= 0.6 is 11.8 Å². The van der Waals surface area contributed by atoms with Crippen LogP contribution in [0.4, 0.5) is 5.69 Å². The van der Waals surface area contributed by atoms with Gasteiger partial charge in [0.2, 0.25) is 0 Å². The number of ether oxygens (including phenoxy) is 2. The minimum absolute atomic E-state index is 0.0469. The van der Waals surface area contributed by atoms with Crippen LogP contribution in [0.1, 0.15) is 35.5 Å². The van der Waals surface area contributed by atoms with Gasteiger partial charge in [-0.05, 0) is 41.5 Å². The summed E-state index contributed by atoms with van der Waals surface area (Å²) in [5, 5.41) is 22.1. The number of pyridine rings is 1. The molecule has 1 aromatic heterocycles. The van der Waals surface area contributed by atoms with Crippen molar-refractivity contribution in [1.29, 1.82) is 0 Å². The second kappa shape index (κ2) is 12.2. The molecular weight excluding hydrogens is 536 g/mol. The molecule has 5 rings (SSSR count). The third-order valence-corrected chi connectivity index (χ3v) is 8.83. The zero-order valence-electron chi connectivity index (χ0n) is 20.9. The highest BCUT2D eigenvalue weighted by Gasteiger charge is 2.33. The lowest BCUT2D eigenvalue weighted by molar-refractivity contribution is -0.645. The van der Waals surface area contributed by atoms with E-state index >= 15 is 0 Å². The summed E-state index contributed by atoms with van der Waals surface area (Å²) < 4.78 is 41.9. The Bertz CT molecular complexity index is 1500. The number of sulfonamides is 1. The third kappa shape index (κ3) is 6.78. The molecule has 8 nitrogen and oxygen atoms in total. The van der Waals surface area contributed by atoms with Gasteiger partial charge in [0.25, 0.3) is 15.0 Å². The van der Waals surface area contributed by atoms with Crippen molar-refractivity contribution < 1.29 is 27.7 Å². The van der Waals surface area contributed by atoms with Crippen LogP contribution in [0.15, 0.2) is 113 Å². The molecule has 4 aromatic rings. The van der Waals surface area contributed by atoms with Gasteiger partial charge < -0.3 is 19.8 Å². The molecule has 1 saturated heterocycles. The van der Waals surface area contributed by atoms with Gasteiger partial charge in [-0.25, -0.2) is 8.42 Å². The van der Waals surface area contributed by atoms with Gasteiger partial charge in [0.15, 0.2) is 12.5 Å². The maximum atomic E-state index is 12.9.